The molecule has 138 valence electrons. The van der Waals surface area contributed by atoms with Crippen molar-refractivity contribution in [2.24, 2.45) is 7.05 Å². The van der Waals surface area contributed by atoms with Crippen molar-refractivity contribution in [1.29, 1.82) is 0 Å². The Morgan fingerprint density at radius 2 is 1.89 bits per heavy atom. The summed E-state index contributed by atoms with van der Waals surface area (Å²) in [5, 5.41) is 0.613. The molecule has 0 radical (unpaired) electrons. The van der Waals surface area contributed by atoms with Gasteiger partial charge < -0.3 is 13.9 Å². The van der Waals surface area contributed by atoms with Gasteiger partial charge in [-0.05, 0) is 37.6 Å². The summed E-state index contributed by atoms with van der Waals surface area (Å²) in [6.45, 7) is 4.32. The molecule has 0 N–H and O–H groups in total. The van der Waals surface area contributed by atoms with Gasteiger partial charge in [-0.2, -0.15) is 0 Å². The lowest BCUT2D eigenvalue weighted by atomic mass is 10.2. The van der Waals surface area contributed by atoms with Gasteiger partial charge in [0.25, 0.3) is 0 Å². The average Bonchev–Trinajstić information content (AvgIpc) is 3.13. The highest BCUT2D eigenvalue weighted by atomic mass is 35.5. The zero-order valence-electron chi connectivity index (χ0n) is 15.4. The maximum Gasteiger partial charge on any atom is 0.356 e. The molecule has 0 saturated carbocycles. The van der Waals surface area contributed by atoms with Gasteiger partial charge in [0.15, 0.2) is 11.3 Å². The Morgan fingerprint density at radius 3 is 2.63 bits per heavy atom. The van der Waals surface area contributed by atoms with E-state index < -0.39 is 5.97 Å². The third-order valence-electron chi connectivity index (χ3n) is 4.80. The molecule has 3 aromatic heterocycles. The first kappa shape index (κ1) is 17.5. The van der Waals surface area contributed by atoms with Crippen molar-refractivity contribution in [3.05, 3.63) is 52.2 Å². The number of rotatable bonds is 3. The number of aryl methyl sites for hydroxylation is 3. The van der Waals surface area contributed by atoms with Crippen LogP contribution in [0.5, 0.6) is 0 Å². The number of carbonyl (C=O) groups excluding carboxylic acids is 1. The van der Waals surface area contributed by atoms with Crippen LogP contribution in [0.25, 0.3) is 22.2 Å². The second-order valence-electron chi connectivity index (χ2n) is 6.40. The minimum Gasteiger partial charge on any atom is -0.464 e. The lowest BCUT2D eigenvalue weighted by molar-refractivity contribution is 0.0594. The molecular formula is C19H18ClN5O2. The Morgan fingerprint density at radius 1 is 1.11 bits per heavy atom. The van der Waals surface area contributed by atoms with Gasteiger partial charge in [-0.15, -0.1) is 0 Å². The highest BCUT2D eigenvalue weighted by molar-refractivity contribution is 6.35. The number of imidazole rings is 2. The van der Waals surface area contributed by atoms with Crippen LogP contribution in [0.15, 0.2) is 24.3 Å². The van der Waals surface area contributed by atoms with E-state index in [-0.39, 0.29) is 5.69 Å². The minimum atomic E-state index is -0.481. The number of aromatic nitrogens is 5. The van der Waals surface area contributed by atoms with E-state index in [1.165, 1.54) is 7.11 Å². The summed E-state index contributed by atoms with van der Waals surface area (Å²) in [4.78, 5) is 25.4. The fourth-order valence-corrected chi connectivity index (χ4v) is 3.46. The Bertz CT molecular complexity index is 1210. The second-order valence-corrected chi connectivity index (χ2v) is 6.78. The van der Waals surface area contributed by atoms with Crippen LogP contribution < -0.4 is 0 Å². The van der Waals surface area contributed by atoms with Gasteiger partial charge in [0.05, 0.1) is 24.2 Å². The number of hydrogen-bond donors (Lipinski definition) is 0. The Balaban J connectivity index is 1.83. The van der Waals surface area contributed by atoms with E-state index in [1.54, 1.807) is 12.1 Å². The van der Waals surface area contributed by atoms with Crippen LogP contribution in [0.3, 0.4) is 0 Å². The van der Waals surface area contributed by atoms with Crippen LogP contribution in [0.2, 0.25) is 5.02 Å². The summed E-state index contributed by atoms with van der Waals surface area (Å²) in [5.41, 5.74) is 4.25. The van der Waals surface area contributed by atoms with Gasteiger partial charge in [-0.25, -0.2) is 19.7 Å². The SMILES string of the molecule is COC(=O)c1ccc2nc(C)n(Cc3ccc4c(nc(C)n4C)c3Cl)c2n1. The third kappa shape index (κ3) is 2.75. The van der Waals surface area contributed by atoms with Crippen molar-refractivity contribution in [1.82, 2.24) is 24.1 Å². The van der Waals surface area contributed by atoms with Crippen LogP contribution in [0.1, 0.15) is 27.7 Å². The van der Waals surface area contributed by atoms with Crippen LogP contribution in [0, 0.1) is 13.8 Å². The van der Waals surface area contributed by atoms with E-state index in [9.17, 15) is 4.79 Å². The zero-order chi connectivity index (χ0) is 19.3. The van der Waals surface area contributed by atoms with Crippen molar-refractivity contribution in [3.8, 4) is 0 Å². The Labute approximate surface area is 160 Å². The minimum absolute atomic E-state index is 0.244. The summed E-state index contributed by atoms with van der Waals surface area (Å²) < 4.78 is 8.71. The van der Waals surface area contributed by atoms with Crippen molar-refractivity contribution < 1.29 is 9.53 Å². The summed E-state index contributed by atoms with van der Waals surface area (Å²) in [5.74, 6) is 1.20. The maximum absolute atomic E-state index is 11.8. The molecule has 0 atom stereocenters. The van der Waals surface area contributed by atoms with Gasteiger partial charge in [0.1, 0.15) is 22.7 Å². The molecule has 0 unspecified atom stereocenters. The first-order chi connectivity index (χ1) is 12.9. The number of halogens is 1. The van der Waals surface area contributed by atoms with E-state index in [1.807, 2.05) is 42.2 Å². The fraction of sp³-hybridized carbons (Fsp3) is 0.263. The van der Waals surface area contributed by atoms with E-state index in [0.717, 1.165) is 28.2 Å². The van der Waals surface area contributed by atoms with Gasteiger partial charge >= 0.3 is 5.97 Å². The molecule has 7 nitrogen and oxygen atoms in total. The molecule has 3 heterocycles. The number of hydrogen-bond acceptors (Lipinski definition) is 5. The molecule has 0 amide bonds. The van der Waals surface area contributed by atoms with Gasteiger partial charge in [-0.3, -0.25) is 0 Å². The average molecular weight is 384 g/mol. The van der Waals surface area contributed by atoms with Crippen molar-refractivity contribution in [2.75, 3.05) is 7.11 Å². The predicted octanol–water partition coefficient (Wildman–Crippen LogP) is 3.42. The Hall–Kier alpha value is -2.93. The molecule has 0 aliphatic rings. The molecule has 8 heteroatoms. The summed E-state index contributed by atoms with van der Waals surface area (Å²) in [6, 6.07) is 7.38. The molecule has 4 aromatic rings. The smallest absolute Gasteiger partial charge is 0.356 e. The van der Waals surface area contributed by atoms with E-state index in [2.05, 4.69) is 15.0 Å². The largest absolute Gasteiger partial charge is 0.464 e. The molecule has 0 saturated heterocycles. The predicted molar refractivity (Wildman–Crippen MR) is 103 cm³/mol. The van der Waals surface area contributed by atoms with E-state index in [0.29, 0.717) is 22.7 Å². The van der Waals surface area contributed by atoms with Crippen LogP contribution in [0.4, 0.5) is 0 Å². The van der Waals surface area contributed by atoms with Crippen LogP contribution in [-0.4, -0.2) is 37.2 Å². The molecular weight excluding hydrogens is 366 g/mol. The molecule has 0 aliphatic heterocycles. The molecule has 0 aliphatic carbocycles. The van der Waals surface area contributed by atoms with Gasteiger partial charge in [0.2, 0.25) is 0 Å². The molecule has 4 rings (SSSR count). The first-order valence-electron chi connectivity index (χ1n) is 8.43. The van der Waals surface area contributed by atoms with Crippen molar-refractivity contribution >= 4 is 39.8 Å². The molecule has 0 bridgehead atoms. The summed E-state index contributed by atoms with van der Waals surface area (Å²) in [7, 11) is 3.30. The van der Waals surface area contributed by atoms with Gasteiger partial charge in [0, 0.05) is 7.05 Å². The number of esters is 1. The highest BCUT2D eigenvalue weighted by Gasteiger charge is 2.17. The number of benzene rings is 1. The molecule has 1 aromatic carbocycles. The lowest BCUT2D eigenvalue weighted by Gasteiger charge is -2.09. The second kappa shape index (κ2) is 6.35. The molecule has 0 spiro atoms. The van der Waals surface area contributed by atoms with Gasteiger partial charge in [-0.1, -0.05) is 17.7 Å². The van der Waals surface area contributed by atoms with E-state index in [4.69, 9.17) is 16.3 Å². The summed E-state index contributed by atoms with van der Waals surface area (Å²) >= 11 is 6.65. The number of carbonyl (C=O) groups is 1. The number of methoxy groups -OCH3 is 1. The maximum atomic E-state index is 11.8. The van der Waals surface area contributed by atoms with E-state index >= 15 is 0 Å². The topological polar surface area (TPSA) is 74.8 Å². The number of nitrogens with zero attached hydrogens (tertiary/aromatic N) is 5. The monoisotopic (exact) mass is 383 g/mol. The quantitative estimate of drug-likeness (QED) is 0.507. The Kier molecular flexibility index (Phi) is 4.11. The van der Waals surface area contributed by atoms with Crippen molar-refractivity contribution in [2.45, 2.75) is 20.4 Å². The molecule has 27 heavy (non-hydrogen) atoms. The zero-order valence-corrected chi connectivity index (χ0v) is 16.2. The molecule has 0 fully saturated rings. The standard InChI is InChI=1S/C19H18ClN5O2/c1-10-22-17-15(24(10)3)8-5-12(16(17)20)9-25-11(2)21-13-6-7-14(19(26)27-4)23-18(13)25/h5-8H,9H2,1-4H3. The van der Waals surface area contributed by atoms with Crippen molar-refractivity contribution in [3.63, 3.8) is 0 Å². The highest BCUT2D eigenvalue weighted by Crippen LogP contribution is 2.29. The van der Waals surface area contributed by atoms with Crippen LogP contribution in [-0.2, 0) is 18.3 Å². The number of pyridine rings is 1. The third-order valence-corrected chi connectivity index (χ3v) is 5.22. The normalized spacial score (nSPS) is 11.4. The summed E-state index contributed by atoms with van der Waals surface area (Å²) in [6.07, 6.45) is 0. The number of ether oxygens (including phenoxy) is 1. The van der Waals surface area contributed by atoms with Crippen LogP contribution >= 0.6 is 11.6 Å². The number of fused-ring (bicyclic) bond motifs is 2. The fourth-order valence-electron chi connectivity index (χ4n) is 3.20. The lowest BCUT2D eigenvalue weighted by Crippen LogP contribution is -2.07. The first-order valence-corrected chi connectivity index (χ1v) is 8.81.